The number of fused-ring (bicyclic) bond motifs is 3. The van der Waals surface area contributed by atoms with Crippen molar-refractivity contribution in [3.8, 4) is 11.3 Å². The van der Waals surface area contributed by atoms with Crippen molar-refractivity contribution in [2.75, 3.05) is 5.32 Å². The summed E-state index contributed by atoms with van der Waals surface area (Å²) in [5.41, 5.74) is 4.78. The molecule has 0 spiro atoms. The summed E-state index contributed by atoms with van der Waals surface area (Å²) in [6.45, 7) is 1.55. The van der Waals surface area contributed by atoms with Gasteiger partial charge < -0.3 is 5.32 Å². The molecule has 1 aromatic carbocycles. The molecule has 29 heavy (non-hydrogen) atoms. The van der Waals surface area contributed by atoms with E-state index in [1.165, 1.54) is 50.6 Å². The van der Waals surface area contributed by atoms with Gasteiger partial charge in [0.05, 0.1) is 11.4 Å². The van der Waals surface area contributed by atoms with Crippen LogP contribution in [0.3, 0.4) is 0 Å². The van der Waals surface area contributed by atoms with E-state index in [-0.39, 0.29) is 5.91 Å². The van der Waals surface area contributed by atoms with E-state index >= 15 is 0 Å². The van der Waals surface area contributed by atoms with Crippen molar-refractivity contribution in [1.82, 2.24) is 9.38 Å². The van der Waals surface area contributed by atoms with E-state index in [0.717, 1.165) is 39.7 Å². The van der Waals surface area contributed by atoms with Gasteiger partial charge in [-0.3, -0.25) is 9.20 Å². The minimum absolute atomic E-state index is 0.0414. The average Bonchev–Trinajstić information content (AvgIpc) is 3.30. The fourth-order valence-electron chi connectivity index (χ4n) is 6.67. The number of thiazole rings is 1. The molecule has 2 heterocycles. The lowest BCUT2D eigenvalue weighted by Gasteiger charge is -2.36. The molecular formula is C24H27N3OS. The zero-order chi connectivity index (χ0) is 19.6. The van der Waals surface area contributed by atoms with Gasteiger partial charge in [-0.15, -0.1) is 11.3 Å². The number of nitrogens with zero attached hydrogens (tertiary/aromatic N) is 2. The molecule has 6 rings (SSSR count). The standard InChI is InChI=1S/C24H27N3OS/c1-15(28)25-20-7-3-5-17(9-20)21-14-29-23-26-22(13-27(21)23)24-10-16-4-2-6-18(11-24)19(8-16)12-24/h3,5,7,9,13-14,16,18-19H,2,4,6,8,10-12H2,1H3,(H,25,28). The minimum atomic E-state index is -0.0414. The molecule has 3 aromatic rings. The second-order valence-corrected chi connectivity index (χ2v) is 10.4. The van der Waals surface area contributed by atoms with E-state index in [9.17, 15) is 4.79 Å². The third kappa shape index (κ3) is 2.85. The Balaban J connectivity index is 1.39. The summed E-state index contributed by atoms with van der Waals surface area (Å²) in [6.07, 6.45) is 12.2. The van der Waals surface area contributed by atoms with Gasteiger partial charge in [0.2, 0.25) is 5.91 Å². The first-order valence-corrected chi connectivity index (χ1v) is 11.8. The van der Waals surface area contributed by atoms with Crippen LogP contribution in [-0.2, 0) is 10.2 Å². The maximum atomic E-state index is 11.4. The van der Waals surface area contributed by atoms with Crippen LogP contribution in [0.5, 0.6) is 0 Å². The van der Waals surface area contributed by atoms with Crippen molar-refractivity contribution >= 4 is 27.9 Å². The van der Waals surface area contributed by atoms with E-state index < -0.39 is 0 Å². The topological polar surface area (TPSA) is 46.4 Å². The second kappa shape index (κ2) is 6.43. The molecule has 2 aromatic heterocycles. The first kappa shape index (κ1) is 17.7. The molecule has 4 unspecified atom stereocenters. The van der Waals surface area contributed by atoms with Crippen molar-refractivity contribution in [2.45, 2.75) is 57.3 Å². The first-order valence-electron chi connectivity index (χ1n) is 10.9. The number of hydrogen-bond donors (Lipinski definition) is 1. The molecule has 3 saturated carbocycles. The zero-order valence-corrected chi connectivity index (χ0v) is 17.7. The normalized spacial score (nSPS) is 30.6. The number of anilines is 1. The molecule has 150 valence electrons. The lowest BCUT2D eigenvalue weighted by Crippen LogP contribution is -2.31. The van der Waals surface area contributed by atoms with Crippen LogP contribution in [0.2, 0.25) is 0 Å². The molecule has 1 N–H and O–H groups in total. The lowest BCUT2D eigenvalue weighted by molar-refractivity contribution is -0.114. The van der Waals surface area contributed by atoms with Gasteiger partial charge in [0.1, 0.15) is 0 Å². The lowest BCUT2D eigenvalue weighted by atomic mass is 9.68. The maximum absolute atomic E-state index is 11.4. The second-order valence-electron chi connectivity index (χ2n) is 9.61. The van der Waals surface area contributed by atoms with Crippen molar-refractivity contribution in [3.05, 3.63) is 41.5 Å². The molecule has 0 radical (unpaired) electrons. The van der Waals surface area contributed by atoms with E-state index in [0.29, 0.717) is 5.41 Å². The molecule has 5 heteroatoms. The largest absolute Gasteiger partial charge is 0.326 e. The fourth-order valence-corrected chi connectivity index (χ4v) is 7.56. The van der Waals surface area contributed by atoms with Crippen LogP contribution < -0.4 is 5.32 Å². The molecule has 3 fully saturated rings. The third-order valence-electron chi connectivity index (χ3n) is 7.71. The summed E-state index contributed by atoms with van der Waals surface area (Å²) in [6, 6.07) is 8.11. The quantitative estimate of drug-likeness (QED) is 0.591. The Morgan fingerprint density at radius 3 is 3.03 bits per heavy atom. The summed E-state index contributed by atoms with van der Waals surface area (Å²) in [4.78, 5) is 17.7. The Labute approximate surface area is 175 Å². The maximum Gasteiger partial charge on any atom is 0.221 e. The highest BCUT2D eigenvalue weighted by Crippen LogP contribution is 2.60. The Morgan fingerprint density at radius 2 is 2.14 bits per heavy atom. The number of hydrogen-bond acceptors (Lipinski definition) is 3. The highest BCUT2D eigenvalue weighted by atomic mass is 32.1. The van der Waals surface area contributed by atoms with Crippen LogP contribution in [0.1, 0.15) is 57.6 Å². The van der Waals surface area contributed by atoms with Crippen LogP contribution in [0.15, 0.2) is 35.8 Å². The van der Waals surface area contributed by atoms with Crippen LogP contribution in [0.25, 0.3) is 16.2 Å². The predicted octanol–water partition coefficient (Wildman–Crippen LogP) is 5.88. The van der Waals surface area contributed by atoms with Gasteiger partial charge in [0.15, 0.2) is 4.96 Å². The summed E-state index contributed by atoms with van der Waals surface area (Å²) in [7, 11) is 0. The molecule has 0 aliphatic heterocycles. The van der Waals surface area contributed by atoms with Crippen LogP contribution in [-0.4, -0.2) is 15.3 Å². The Hall–Kier alpha value is -2.14. The molecule has 1 amide bonds. The van der Waals surface area contributed by atoms with Crippen LogP contribution in [0.4, 0.5) is 5.69 Å². The molecule has 3 bridgehead atoms. The smallest absolute Gasteiger partial charge is 0.221 e. The first-order chi connectivity index (χ1) is 14.1. The van der Waals surface area contributed by atoms with Gasteiger partial charge >= 0.3 is 0 Å². The molecular weight excluding hydrogens is 378 g/mol. The van der Waals surface area contributed by atoms with Gasteiger partial charge in [-0.2, -0.15) is 0 Å². The number of imidazole rings is 1. The number of rotatable bonds is 3. The molecule has 4 nitrogen and oxygen atoms in total. The van der Waals surface area contributed by atoms with E-state index in [4.69, 9.17) is 4.98 Å². The number of carbonyl (C=O) groups is 1. The fraction of sp³-hybridized carbons (Fsp3) is 0.500. The van der Waals surface area contributed by atoms with E-state index in [1.54, 1.807) is 18.3 Å². The SMILES string of the molecule is CC(=O)Nc1cccc(-c2csc3nc(C45CC6CCCC(C4)C(C6)C5)cn23)c1. The van der Waals surface area contributed by atoms with Crippen molar-refractivity contribution < 1.29 is 4.79 Å². The molecule has 4 atom stereocenters. The van der Waals surface area contributed by atoms with Crippen LogP contribution >= 0.6 is 11.3 Å². The minimum Gasteiger partial charge on any atom is -0.326 e. The van der Waals surface area contributed by atoms with Gasteiger partial charge in [0, 0.05) is 35.2 Å². The zero-order valence-electron chi connectivity index (χ0n) is 16.9. The molecule has 3 aliphatic carbocycles. The van der Waals surface area contributed by atoms with E-state index in [2.05, 4.69) is 33.4 Å². The summed E-state index contributed by atoms with van der Waals surface area (Å²) in [5.74, 6) is 2.73. The third-order valence-corrected chi connectivity index (χ3v) is 8.55. The average molecular weight is 406 g/mol. The number of carbonyl (C=O) groups excluding carboxylic acids is 1. The highest BCUT2D eigenvalue weighted by Gasteiger charge is 2.53. The van der Waals surface area contributed by atoms with Gasteiger partial charge in [-0.05, 0) is 55.6 Å². The number of nitrogens with one attached hydrogen (secondary N) is 1. The van der Waals surface area contributed by atoms with Crippen molar-refractivity contribution in [1.29, 1.82) is 0 Å². The van der Waals surface area contributed by atoms with Gasteiger partial charge in [0.25, 0.3) is 0 Å². The Morgan fingerprint density at radius 1 is 1.24 bits per heavy atom. The molecule has 0 saturated heterocycles. The van der Waals surface area contributed by atoms with Crippen molar-refractivity contribution in [2.24, 2.45) is 17.8 Å². The van der Waals surface area contributed by atoms with Crippen LogP contribution in [0, 0.1) is 17.8 Å². The summed E-state index contributed by atoms with van der Waals surface area (Å²) in [5, 5.41) is 5.08. The highest BCUT2D eigenvalue weighted by molar-refractivity contribution is 7.15. The summed E-state index contributed by atoms with van der Waals surface area (Å²) >= 11 is 1.72. The molecule has 3 aliphatic rings. The van der Waals surface area contributed by atoms with Gasteiger partial charge in [-0.25, -0.2) is 4.98 Å². The Bertz CT molecular complexity index is 1090. The Kier molecular flexibility index (Phi) is 3.92. The number of aromatic nitrogens is 2. The number of benzene rings is 1. The summed E-state index contributed by atoms with van der Waals surface area (Å²) < 4.78 is 2.28. The van der Waals surface area contributed by atoms with E-state index in [1.807, 2.05) is 12.1 Å². The predicted molar refractivity (Wildman–Crippen MR) is 117 cm³/mol. The van der Waals surface area contributed by atoms with Crippen molar-refractivity contribution in [3.63, 3.8) is 0 Å². The van der Waals surface area contributed by atoms with Gasteiger partial charge in [-0.1, -0.05) is 31.4 Å². The monoisotopic (exact) mass is 405 g/mol. The number of amides is 1.